The molecule has 18 heavy (non-hydrogen) atoms. The summed E-state index contributed by atoms with van der Waals surface area (Å²) >= 11 is 6.11. The van der Waals surface area contributed by atoms with Crippen molar-refractivity contribution in [2.45, 2.75) is 38.0 Å². The lowest BCUT2D eigenvalue weighted by molar-refractivity contribution is 0.354. The maximum atomic E-state index is 14.0. The van der Waals surface area contributed by atoms with E-state index in [0.29, 0.717) is 17.3 Å². The van der Waals surface area contributed by atoms with Crippen LogP contribution in [0.5, 0.6) is 5.75 Å². The zero-order valence-corrected chi connectivity index (χ0v) is 11.6. The van der Waals surface area contributed by atoms with Crippen LogP contribution >= 0.6 is 11.6 Å². The molecule has 0 radical (unpaired) electrons. The number of ether oxygens (including phenoxy) is 1. The van der Waals surface area contributed by atoms with Gasteiger partial charge >= 0.3 is 0 Å². The van der Waals surface area contributed by atoms with Crippen molar-refractivity contribution in [1.29, 1.82) is 0 Å². The Morgan fingerprint density at radius 2 is 2.06 bits per heavy atom. The van der Waals surface area contributed by atoms with Gasteiger partial charge in [0.2, 0.25) is 0 Å². The molecule has 1 aromatic carbocycles. The van der Waals surface area contributed by atoms with E-state index in [1.165, 1.54) is 13.2 Å². The summed E-state index contributed by atoms with van der Waals surface area (Å²) < 4.78 is 19.3. The zero-order valence-electron chi connectivity index (χ0n) is 10.9. The van der Waals surface area contributed by atoms with E-state index in [1.54, 1.807) is 0 Å². The minimum absolute atomic E-state index is 0.179. The van der Waals surface area contributed by atoms with Gasteiger partial charge in [0, 0.05) is 22.5 Å². The van der Waals surface area contributed by atoms with Crippen LogP contribution in [0.25, 0.3) is 0 Å². The van der Waals surface area contributed by atoms with E-state index in [1.807, 2.05) is 6.92 Å². The van der Waals surface area contributed by atoms with Crippen LogP contribution in [0.15, 0.2) is 6.07 Å². The van der Waals surface area contributed by atoms with E-state index in [4.69, 9.17) is 22.1 Å². The molecule has 1 aliphatic carbocycles. The first-order valence-corrected chi connectivity index (χ1v) is 6.66. The van der Waals surface area contributed by atoms with Crippen molar-refractivity contribution in [2.24, 2.45) is 5.73 Å². The number of halogens is 2. The number of hydrogen-bond acceptors (Lipinski definition) is 2. The van der Waals surface area contributed by atoms with Crippen LogP contribution in [0.2, 0.25) is 5.02 Å². The molecule has 0 bridgehead atoms. The molecule has 0 amide bonds. The summed E-state index contributed by atoms with van der Waals surface area (Å²) in [5.41, 5.74) is 7.55. The van der Waals surface area contributed by atoms with Crippen LogP contribution in [-0.4, -0.2) is 13.7 Å². The standard InChI is InChI=1S/C14H19ClFNO/c1-9-10(15)7-11(16)13(18-2)12(9)14(8-17)5-3-4-6-14/h7H,3-6,8,17H2,1-2H3. The summed E-state index contributed by atoms with van der Waals surface area (Å²) in [6.45, 7) is 2.42. The Kier molecular flexibility index (Phi) is 3.83. The summed E-state index contributed by atoms with van der Waals surface area (Å²) in [6.07, 6.45) is 4.18. The summed E-state index contributed by atoms with van der Waals surface area (Å²) in [7, 11) is 1.49. The fraction of sp³-hybridized carbons (Fsp3) is 0.571. The molecule has 2 N–H and O–H groups in total. The number of hydrogen-bond donors (Lipinski definition) is 1. The highest BCUT2D eigenvalue weighted by Gasteiger charge is 2.39. The van der Waals surface area contributed by atoms with Gasteiger partial charge in [0.25, 0.3) is 0 Å². The fourth-order valence-electron chi connectivity index (χ4n) is 3.14. The van der Waals surface area contributed by atoms with Crippen LogP contribution < -0.4 is 10.5 Å². The number of benzene rings is 1. The van der Waals surface area contributed by atoms with Crippen molar-refractivity contribution in [3.8, 4) is 5.75 Å². The molecular weight excluding hydrogens is 253 g/mol. The number of methoxy groups -OCH3 is 1. The van der Waals surface area contributed by atoms with Crippen LogP contribution in [0, 0.1) is 12.7 Å². The minimum atomic E-state index is -0.400. The first-order valence-electron chi connectivity index (χ1n) is 6.29. The predicted molar refractivity (Wildman–Crippen MR) is 71.9 cm³/mol. The summed E-state index contributed by atoms with van der Waals surface area (Å²) in [6, 6.07) is 1.32. The smallest absolute Gasteiger partial charge is 0.166 e. The van der Waals surface area contributed by atoms with E-state index in [-0.39, 0.29) is 5.41 Å². The zero-order chi connectivity index (χ0) is 13.3. The highest BCUT2D eigenvalue weighted by Crippen LogP contribution is 2.47. The molecular formula is C14H19ClFNO. The van der Waals surface area contributed by atoms with E-state index in [0.717, 1.165) is 36.8 Å². The minimum Gasteiger partial charge on any atom is -0.493 e. The topological polar surface area (TPSA) is 35.2 Å². The summed E-state index contributed by atoms with van der Waals surface area (Å²) in [4.78, 5) is 0. The molecule has 100 valence electrons. The highest BCUT2D eigenvalue weighted by atomic mass is 35.5. The Labute approximate surface area is 112 Å². The lowest BCUT2D eigenvalue weighted by Gasteiger charge is -2.31. The van der Waals surface area contributed by atoms with E-state index in [2.05, 4.69) is 0 Å². The highest BCUT2D eigenvalue weighted by molar-refractivity contribution is 6.31. The molecule has 0 atom stereocenters. The Morgan fingerprint density at radius 3 is 2.56 bits per heavy atom. The molecule has 0 spiro atoms. The third kappa shape index (κ3) is 1.99. The van der Waals surface area contributed by atoms with Crippen LogP contribution in [0.4, 0.5) is 4.39 Å². The average molecular weight is 272 g/mol. The lowest BCUT2D eigenvalue weighted by atomic mass is 9.76. The van der Waals surface area contributed by atoms with Gasteiger partial charge in [-0.3, -0.25) is 0 Å². The third-order valence-corrected chi connectivity index (χ3v) is 4.51. The van der Waals surface area contributed by atoms with Crippen LogP contribution in [0.1, 0.15) is 36.8 Å². The van der Waals surface area contributed by atoms with Crippen molar-refractivity contribution in [3.63, 3.8) is 0 Å². The Morgan fingerprint density at radius 1 is 1.44 bits per heavy atom. The molecule has 1 saturated carbocycles. The van der Waals surface area contributed by atoms with Gasteiger partial charge < -0.3 is 10.5 Å². The average Bonchev–Trinajstić information content (AvgIpc) is 2.83. The summed E-state index contributed by atoms with van der Waals surface area (Å²) in [5.74, 6) is -0.0907. The van der Waals surface area contributed by atoms with Crippen molar-refractivity contribution in [1.82, 2.24) is 0 Å². The molecule has 2 rings (SSSR count). The number of nitrogens with two attached hydrogens (primary N) is 1. The largest absolute Gasteiger partial charge is 0.493 e. The quantitative estimate of drug-likeness (QED) is 0.912. The van der Waals surface area contributed by atoms with Crippen molar-refractivity contribution >= 4 is 11.6 Å². The first kappa shape index (κ1) is 13.6. The normalized spacial score (nSPS) is 18.1. The van der Waals surface area contributed by atoms with Crippen LogP contribution in [0.3, 0.4) is 0 Å². The Bertz CT molecular complexity index is 456. The molecule has 1 aliphatic rings. The maximum Gasteiger partial charge on any atom is 0.166 e. The van der Waals surface area contributed by atoms with Gasteiger partial charge in [0.15, 0.2) is 11.6 Å². The Hall–Kier alpha value is -0.800. The molecule has 0 unspecified atom stereocenters. The van der Waals surface area contributed by atoms with E-state index in [9.17, 15) is 4.39 Å². The second kappa shape index (κ2) is 5.06. The summed E-state index contributed by atoms with van der Waals surface area (Å²) in [5, 5.41) is 0.447. The molecule has 1 aromatic rings. The van der Waals surface area contributed by atoms with Crippen molar-refractivity contribution in [2.75, 3.05) is 13.7 Å². The first-order chi connectivity index (χ1) is 8.55. The molecule has 4 heteroatoms. The molecule has 0 heterocycles. The van der Waals surface area contributed by atoms with Crippen molar-refractivity contribution < 1.29 is 9.13 Å². The maximum absolute atomic E-state index is 14.0. The van der Waals surface area contributed by atoms with Gasteiger partial charge in [-0.05, 0) is 31.4 Å². The SMILES string of the molecule is COc1c(F)cc(Cl)c(C)c1C1(CN)CCCC1. The van der Waals surface area contributed by atoms with E-state index >= 15 is 0 Å². The van der Waals surface area contributed by atoms with Crippen molar-refractivity contribution in [3.05, 3.63) is 28.0 Å². The van der Waals surface area contributed by atoms with Gasteiger partial charge in [-0.1, -0.05) is 24.4 Å². The molecule has 0 aromatic heterocycles. The predicted octanol–water partition coefficient (Wildman–Crippen LogP) is 3.57. The molecule has 0 aliphatic heterocycles. The van der Waals surface area contributed by atoms with Gasteiger partial charge in [-0.15, -0.1) is 0 Å². The third-order valence-electron chi connectivity index (χ3n) is 4.12. The second-order valence-corrected chi connectivity index (χ2v) is 5.47. The lowest BCUT2D eigenvalue weighted by Crippen LogP contribution is -2.33. The second-order valence-electron chi connectivity index (χ2n) is 5.07. The number of rotatable bonds is 3. The monoisotopic (exact) mass is 271 g/mol. The molecule has 0 saturated heterocycles. The van der Waals surface area contributed by atoms with E-state index < -0.39 is 5.82 Å². The Balaban J connectivity index is 2.67. The van der Waals surface area contributed by atoms with Gasteiger partial charge in [0.1, 0.15) is 0 Å². The fourth-order valence-corrected chi connectivity index (χ4v) is 3.33. The molecule has 1 fully saturated rings. The van der Waals surface area contributed by atoms with Gasteiger partial charge in [-0.25, -0.2) is 4.39 Å². The van der Waals surface area contributed by atoms with Gasteiger partial charge in [-0.2, -0.15) is 0 Å². The molecule has 2 nitrogen and oxygen atoms in total. The van der Waals surface area contributed by atoms with Gasteiger partial charge in [0.05, 0.1) is 7.11 Å². The van der Waals surface area contributed by atoms with Crippen LogP contribution in [-0.2, 0) is 5.41 Å².